The molecule has 2 heterocycles. The Morgan fingerprint density at radius 2 is 1.94 bits per heavy atom. The predicted molar refractivity (Wildman–Crippen MR) is 74.4 cm³/mol. The zero-order valence-corrected chi connectivity index (χ0v) is 11.8. The van der Waals surface area contributed by atoms with Crippen molar-refractivity contribution in [2.45, 2.75) is 11.3 Å². The largest absolute Gasteiger partial charge is 0.310 e. The third-order valence-corrected chi connectivity index (χ3v) is 6.62. The van der Waals surface area contributed by atoms with Gasteiger partial charge in [0.2, 0.25) is 0 Å². The van der Waals surface area contributed by atoms with E-state index in [1.807, 2.05) is 16.7 Å². The Morgan fingerprint density at radius 1 is 1.28 bits per heavy atom. The minimum Gasteiger partial charge on any atom is -0.281 e. The molecule has 1 aromatic rings. The van der Waals surface area contributed by atoms with Gasteiger partial charge in [0.25, 0.3) is 0 Å². The van der Waals surface area contributed by atoms with E-state index < -0.39 is 9.84 Å². The molecule has 2 N–H and O–H groups in total. The molecule has 0 aliphatic carbocycles. The maximum Gasteiger partial charge on any atom is 0.310 e. The summed E-state index contributed by atoms with van der Waals surface area (Å²) in [5.74, 6) is 0.390. The van der Waals surface area contributed by atoms with E-state index in [0.717, 1.165) is 5.69 Å². The van der Waals surface area contributed by atoms with Crippen LogP contribution in [0.2, 0.25) is 5.02 Å². The van der Waals surface area contributed by atoms with Crippen molar-refractivity contribution in [3.8, 4) is 0 Å². The molecule has 2 unspecified atom stereocenters. The summed E-state index contributed by atoms with van der Waals surface area (Å²) in [7, 11) is -2.94. The first-order valence-corrected chi connectivity index (χ1v) is 8.58. The van der Waals surface area contributed by atoms with Gasteiger partial charge in [-0.2, -0.15) is 0 Å². The standard InChI is InChI=1S/C11H11ClN2O2S2/c12-7-1-3-8(4-2-7)14-9-5-18(15,16)6-10(9)17-11(14)13/h1-4,9-10,13H,5-6H2/p+1. The molecule has 18 heavy (non-hydrogen) atoms. The number of nitrogens with two attached hydrogens (primary N) is 1. The first kappa shape index (κ1) is 12.3. The SMILES string of the molecule is NC1=[N+](c2ccc(Cl)cc2)C2CS(=O)(=O)CC2S1. The van der Waals surface area contributed by atoms with Crippen molar-refractivity contribution in [3.05, 3.63) is 29.3 Å². The minimum atomic E-state index is -2.94. The summed E-state index contributed by atoms with van der Waals surface area (Å²) in [6.45, 7) is 0. The van der Waals surface area contributed by atoms with Gasteiger partial charge in [0.1, 0.15) is 11.7 Å². The zero-order chi connectivity index (χ0) is 12.9. The molecule has 2 aliphatic heterocycles. The van der Waals surface area contributed by atoms with Crippen molar-refractivity contribution in [1.82, 2.24) is 0 Å². The summed E-state index contributed by atoms with van der Waals surface area (Å²) >= 11 is 7.31. The number of nitrogens with zero attached hydrogens (tertiary/aromatic N) is 1. The highest BCUT2D eigenvalue weighted by Crippen LogP contribution is 2.36. The van der Waals surface area contributed by atoms with Gasteiger partial charge < -0.3 is 0 Å². The van der Waals surface area contributed by atoms with Crippen molar-refractivity contribution in [1.29, 1.82) is 0 Å². The lowest BCUT2D eigenvalue weighted by molar-refractivity contribution is -0.470. The molecule has 1 saturated heterocycles. The van der Waals surface area contributed by atoms with Crippen LogP contribution in [0.5, 0.6) is 0 Å². The normalized spacial score (nSPS) is 29.6. The third-order valence-electron chi connectivity index (χ3n) is 3.22. The van der Waals surface area contributed by atoms with Crippen LogP contribution in [0.4, 0.5) is 5.69 Å². The molecule has 2 atom stereocenters. The average Bonchev–Trinajstić information content (AvgIpc) is 2.70. The number of fused-ring (bicyclic) bond motifs is 1. The molecule has 0 aromatic heterocycles. The molecule has 3 rings (SSSR count). The van der Waals surface area contributed by atoms with Crippen LogP contribution in [-0.4, -0.2) is 41.0 Å². The van der Waals surface area contributed by atoms with E-state index in [1.165, 1.54) is 11.8 Å². The monoisotopic (exact) mass is 303 g/mol. The van der Waals surface area contributed by atoms with Crippen LogP contribution in [0.3, 0.4) is 0 Å². The maximum absolute atomic E-state index is 11.7. The van der Waals surface area contributed by atoms with Crippen molar-refractivity contribution < 1.29 is 13.0 Å². The van der Waals surface area contributed by atoms with Crippen LogP contribution in [0.15, 0.2) is 24.3 Å². The van der Waals surface area contributed by atoms with Crippen LogP contribution in [-0.2, 0) is 9.84 Å². The van der Waals surface area contributed by atoms with Crippen LogP contribution in [0.25, 0.3) is 0 Å². The highest BCUT2D eigenvalue weighted by atomic mass is 35.5. The molecule has 0 bridgehead atoms. The van der Waals surface area contributed by atoms with Crippen molar-refractivity contribution in [3.63, 3.8) is 0 Å². The topological polar surface area (TPSA) is 63.2 Å². The second-order valence-corrected chi connectivity index (χ2v) is 8.33. The van der Waals surface area contributed by atoms with E-state index in [9.17, 15) is 8.42 Å². The first-order chi connectivity index (χ1) is 8.46. The number of thioether (sulfide) groups is 1. The smallest absolute Gasteiger partial charge is 0.281 e. The molecule has 4 nitrogen and oxygen atoms in total. The lowest BCUT2D eigenvalue weighted by atomic mass is 10.2. The molecule has 0 saturated carbocycles. The second-order valence-electron chi connectivity index (χ2n) is 4.49. The summed E-state index contributed by atoms with van der Waals surface area (Å²) in [4.78, 5) is 0. The molecular weight excluding hydrogens is 292 g/mol. The Kier molecular flexibility index (Phi) is 2.84. The summed E-state index contributed by atoms with van der Waals surface area (Å²) in [6.07, 6.45) is 0. The number of amidine groups is 1. The van der Waals surface area contributed by atoms with E-state index in [-0.39, 0.29) is 22.8 Å². The lowest BCUT2D eigenvalue weighted by Gasteiger charge is -2.10. The molecule has 1 aromatic carbocycles. The fraction of sp³-hybridized carbons (Fsp3) is 0.364. The highest BCUT2D eigenvalue weighted by molar-refractivity contribution is 8.15. The van der Waals surface area contributed by atoms with Crippen LogP contribution in [0.1, 0.15) is 0 Å². The lowest BCUT2D eigenvalue weighted by Crippen LogP contribution is -2.29. The quantitative estimate of drug-likeness (QED) is 0.792. The summed E-state index contributed by atoms with van der Waals surface area (Å²) < 4.78 is 25.3. The number of rotatable bonds is 1. The van der Waals surface area contributed by atoms with E-state index in [1.54, 1.807) is 12.1 Å². The van der Waals surface area contributed by atoms with Crippen LogP contribution >= 0.6 is 23.4 Å². The number of benzene rings is 1. The number of sulfone groups is 1. The van der Waals surface area contributed by atoms with Crippen molar-refractivity contribution in [2.24, 2.45) is 5.73 Å². The molecule has 0 spiro atoms. The zero-order valence-electron chi connectivity index (χ0n) is 9.41. The van der Waals surface area contributed by atoms with Crippen molar-refractivity contribution >= 4 is 44.1 Å². The van der Waals surface area contributed by atoms with Crippen LogP contribution in [0, 0.1) is 0 Å². The van der Waals surface area contributed by atoms with Crippen molar-refractivity contribution in [2.75, 3.05) is 11.5 Å². The Bertz CT molecular complexity index is 625. The van der Waals surface area contributed by atoms with Gasteiger partial charge >= 0.3 is 5.17 Å². The van der Waals surface area contributed by atoms with Gasteiger partial charge in [0.15, 0.2) is 9.84 Å². The van der Waals surface area contributed by atoms with Gasteiger partial charge in [-0.05, 0) is 36.0 Å². The highest BCUT2D eigenvalue weighted by Gasteiger charge is 2.49. The summed E-state index contributed by atoms with van der Waals surface area (Å²) in [5.41, 5.74) is 6.90. The molecular formula is C11H12ClN2O2S2+. The Hall–Kier alpha value is -0.720. The van der Waals surface area contributed by atoms with Gasteiger partial charge in [0, 0.05) is 5.02 Å². The molecule has 0 amide bonds. The minimum absolute atomic E-state index is 0.0469. The Labute approximate surface area is 115 Å². The van der Waals surface area contributed by atoms with Gasteiger partial charge in [0.05, 0.1) is 16.8 Å². The van der Waals surface area contributed by atoms with E-state index in [0.29, 0.717) is 10.2 Å². The number of hydrogen-bond acceptors (Lipinski definition) is 4. The summed E-state index contributed by atoms with van der Waals surface area (Å²) in [5, 5.41) is 1.37. The van der Waals surface area contributed by atoms with Crippen LogP contribution < -0.4 is 5.73 Å². The summed E-state index contributed by atoms with van der Waals surface area (Å²) in [6, 6.07) is 7.24. The maximum atomic E-state index is 11.7. The molecule has 1 fully saturated rings. The van der Waals surface area contributed by atoms with Gasteiger partial charge in [-0.1, -0.05) is 11.6 Å². The van der Waals surface area contributed by atoms with E-state index >= 15 is 0 Å². The number of hydrogen-bond donors (Lipinski definition) is 1. The van der Waals surface area contributed by atoms with E-state index in [4.69, 9.17) is 17.3 Å². The van der Waals surface area contributed by atoms with Gasteiger partial charge in [-0.15, -0.1) is 0 Å². The average molecular weight is 304 g/mol. The molecule has 96 valence electrons. The Balaban J connectivity index is 2.01. The third kappa shape index (κ3) is 2.02. The van der Waals surface area contributed by atoms with E-state index in [2.05, 4.69) is 0 Å². The first-order valence-electron chi connectivity index (χ1n) is 5.50. The molecule has 2 aliphatic rings. The van der Waals surface area contributed by atoms with Gasteiger partial charge in [-0.3, -0.25) is 5.73 Å². The Morgan fingerprint density at radius 3 is 2.61 bits per heavy atom. The molecule has 0 radical (unpaired) electrons. The predicted octanol–water partition coefficient (Wildman–Crippen LogP) is 1.21. The molecule has 7 heteroatoms. The fourth-order valence-corrected chi connectivity index (χ4v) is 6.39. The second kappa shape index (κ2) is 4.15. The fourth-order valence-electron chi connectivity index (χ4n) is 2.45. The van der Waals surface area contributed by atoms with Gasteiger partial charge in [-0.25, -0.2) is 13.0 Å². The number of halogens is 1.